The van der Waals surface area contributed by atoms with E-state index in [2.05, 4.69) is 18.8 Å². The Morgan fingerprint density at radius 1 is 1.33 bits per heavy atom. The Labute approximate surface area is 109 Å². The highest BCUT2D eigenvalue weighted by Crippen LogP contribution is 2.28. The molecule has 1 saturated carbocycles. The van der Waals surface area contributed by atoms with Crippen LogP contribution in [0.25, 0.3) is 0 Å². The first-order chi connectivity index (χ1) is 8.33. The van der Waals surface area contributed by atoms with Crippen LogP contribution in [0.1, 0.15) is 39.5 Å². The maximum Gasteiger partial charge on any atom is 0.271 e. The lowest BCUT2D eigenvalue weighted by Crippen LogP contribution is -2.33. The first kappa shape index (κ1) is 15.2. The lowest BCUT2D eigenvalue weighted by atomic mass is 9.91. The van der Waals surface area contributed by atoms with Crippen LogP contribution in [0, 0.1) is 5.92 Å². The van der Waals surface area contributed by atoms with Crippen molar-refractivity contribution in [3.05, 3.63) is 12.2 Å². The quantitative estimate of drug-likeness (QED) is 0.469. The van der Waals surface area contributed by atoms with Gasteiger partial charge in [-0.15, -0.1) is 0 Å². The first-order valence-corrected chi connectivity index (χ1v) is 7.62. The molecule has 1 aliphatic carbocycles. The van der Waals surface area contributed by atoms with Gasteiger partial charge in [0.1, 0.15) is 6.73 Å². The van der Waals surface area contributed by atoms with Crippen LogP contribution >= 0.6 is 0 Å². The fourth-order valence-electron chi connectivity index (χ4n) is 1.94. The maximum atomic E-state index is 11.8. The smallest absolute Gasteiger partial charge is 0.271 e. The number of amides is 1. The Kier molecular flexibility index (Phi) is 5.34. The number of nitrogens with one attached hydrogen (secondary N) is 1. The molecule has 0 heterocycles. The van der Waals surface area contributed by atoms with Crippen LogP contribution in [0.5, 0.6) is 0 Å². The van der Waals surface area contributed by atoms with Crippen LogP contribution in [0.4, 0.5) is 0 Å². The third-order valence-corrected chi connectivity index (χ3v) is 4.95. The third-order valence-electron chi connectivity index (χ3n) is 3.21. The average Bonchev–Trinajstić information content (AvgIpc) is 2.29. The van der Waals surface area contributed by atoms with Gasteiger partial charge >= 0.3 is 0 Å². The summed E-state index contributed by atoms with van der Waals surface area (Å²) in [6, 6.07) is 0. The maximum absolute atomic E-state index is 11.8. The Morgan fingerprint density at radius 2 is 1.89 bits per heavy atom. The van der Waals surface area contributed by atoms with E-state index in [1.165, 1.54) is 0 Å². The summed E-state index contributed by atoms with van der Waals surface area (Å²) in [6.07, 6.45) is 3.09. The minimum Gasteiger partial charge on any atom is -0.328 e. The van der Waals surface area contributed by atoms with Crippen LogP contribution in [-0.2, 0) is 19.1 Å². The zero-order chi connectivity index (χ0) is 13.8. The van der Waals surface area contributed by atoms with Crippen LogP contribution in [0.2, 0.25) is 0 Å². The van der Waals surface area contributed by atoms with Gasteiger partial charge in [0, 0.05) is 5.57 Å². The predicted octanol–water partition coefficient (Wildman–Crippen LogP) is 1.56. The van der Waals surface area contributed by atoms with Gasteiger partial charge in [0.25, 0.3) is 10.1 Å². The summed E-state index contributed by atoms with van der Waals surface area (Å²) in [6.45, 7) is 6.80. The molecule has 0 radical (unpaired) electrons. The SMILES string of the molecule is C=C(C)C(=O)NCOS(=O)(=O)C1CCC(C)CC1. The van der Waals surface area contributed by atoms with E-state index >= 15 is 0 Å². The molecule has 0 atom stereocenters. The van der Waals surface area contributed by atoms with Crippen molar-refractivity contribution < 1.29 is 17.4 Å². The second-order valence-electron chi connectivity index (χ2n) is 4.92. The van der Waals surface area contributed by atoms with E-state index in [-0.39, 0.29) is 6.73 Å². The molecule has 104 valence electrons. The zero-order valence-corrected chi connectivity index (χ0v) is 11.8. The average molecular weight is 275 g/mol. The Morgan fingerprint density at radius 3 is 2.39 bits per heavy atom. The molecule has 1 amide bonds. The van der Waals surface area contributed by atoms with E-state index < -0.39 is 21.3 Å². The highest BCUT2D eigenvalue weighted by Gasteiger charge is 2.30. The molecule has 0 bridgehead atoms. The molecule has 0 aromatic rings. The minimum atomic E-state index is -3.57. The summed E-state index contributed by atoms with van der Waals surface area (Å²) in [5.41, 5.74) is 0.322. The van der Waals surface area contributed by atoms with E-state index in [0.717, 1.165) is 12.8 Å². The molecular formula is C12H21NO4S. The molecule has 1 aliphatic rings. The molecule has 6 heteroatoms. The van der Waals surface area contributed by atoms with Crippen molar-refractivity contribution in [2.75, 3.05) is 6.73 Å². The van der Waals surface area contributed by atoms with E-state index in [9.17, 15) is 13.2 Å². The molecular weight excluding hydrogens is 254 g/mol. The number of hydrogen-bond donors (Lipinski definition) is 1. The fraction of sp³-hybridized carbons (Fsp3) is 0.750. The van der Waals surface area contributed by atoms with Gasteiger partial charge in [-0.1, -0.05) is 13.5 Å². The second kappa shape index (κ2) is 6.33. The van der Waals surface area contributed by atoms with Crippen molar-refractivity contribution in [3.63, 3.8) is 0 Å². The molecule has 5 nitrogen and oxygen atoms in total. The normalized spacial score (nSPS) is 24.6. The molecule has 0 saturated heterocycles. The van der Waals surface area contributed by atoms with Gasteiger partial charge in [0.15, 0.2) is 0 Å². The molecule has 0 aromatic heterocycles. The van der Waals surface area contributed by atoms with Crippen LogP contribution < -0.4 is 5.32 Å². The van der Waals surface area contributed by atoms with Crippen LogP contribution in [0.3, 0.4) is 0 Å². The monoisotopic (exact) mass is 275 g/mol. The number of rotatable bonds is 5. The van der Waals surface area contributed by atoms with Crippen molar-refractivity contribution in [2.24, 2.45) is 5.92 Å². The summed E-state index contributed by atoms with van der Waals surface area (Å²) in [7, 11) is -3.57. The fourth-order valence-corrected chi connectivity index (χ4v) is 3.21. The number of hydrogen-bond acceptors (Lipinski definition) is 4. The van der Waals surface area contributed by atoms with Crippen molar-refractivity contribution in [3.8, 4) is 0 Å². The van der Waals surface area contributed by atoms with Gasteiger partial charge < -0.3 is 5.32 Å². The molecule has 0 aromatic carbocycles. The molecule has 1 fully saturated rings. The summed E-state index contributed by atoms with van der Waals surface area (Å²) < 4.78 is 28.5. The van der Waals surface area contributed by atoms with Gasteiger partial charge in [-0.3, -0.25) is 4.79 Å². The predicted molar refractivity (Wildman–Crippen MR) is 69.2 cm³/mol. The van der Waals surface area contributed by atoms with Crippen molar-refractivity contribution in [2.45, 2.75) is 44.8 Å². The molecule has 0 aliphatic heterocycles. The third kappa shape index (κ3) is 4.42. The van der Waals surface area contributed by atoms with E-state index in [1.54, 1.807) is 6.92 Å². The van der Waals surface area contributed by atoms with Crippen LogP contribution in [0.15, 0.2) is 12.2 Å². The van der Waals surface area contributed by atoms with Crippen LogP contribution in [-0.4, -0.2) is 26.3 Å². The molecule has 0 spiro atoms. The van der Waals surface area contributed by atoms with Gasteiger partial charge in [-0.05, 0) is 38.5 Å². The summed E-state index contributed by atoms with van der Waals surface area (Å²) >= 11 is 0. The topological polar surface area (TPSA) is 72.5 Å². The second-order valence-corrected chi connectivity index (χ2v) is 6.81. The van der Waals surface area contributed by atoms with Crippen molar-refractivity contribution >= 4 is 16.0 Å². The van der Waals surface area contributed by atoms with Gasteiger partial charge in [0.2, 0.25) is 5.91 Å². The van der Waals surface area contributed by atoms with Crippen molar-refractivity contribution in [1.82, 2.24) is 5.32 Å². The lowest BCUT2D eigenvalue weighted by Gasteiger charge is -2.25. The Bertz CT molecular complexity index is 408. The van der Waals surface area contributed by atoms with E-state index in [1.807, 2.05) is 0 Å². The Hall–Kier alpha value is -0.880. The summed E-state index contributed by atoms with van der Waals surface area (Å²) in [5, 5.41) is 1.91. The Balaban J connectivity index is 2.40. The summed E-state index contributed by atoms with van der Waals surface area (Å²) in [4.78, 5) is 11.2. The standard InChI is InChI=1S/C12H21NO4S/c1-9(2)12(14)13-8-17-18(15,16)11-6-4-10(3)5-7-11/h10-11H,1,4-8H2,2-3H3,(H,13,14). The number of carbonyl (C=O) groups is 1. The highest BCUT2D eigenvalue weighted by atomic mass is 32.2. The molecule has 0 unspecified atom stereocenters. The first-order valence-electron chi connectivity index (χ1n) is 6.15. The molecule has 1 N–H and O–H groups in total. The molecule has 18 heavy (non-hydrogen) atoms. The summed E-state index contributed by atoms with van der Waals surface area (Å²) in [5.74, 6) is 0.182. The van der Waals surface area contributed by atoms with Crippen molar-refractivity contribution in [1.29, 1.82) is 0 Å². The molecule has 1 rings (SSSR count). The van der Waals surface area contributed by atoms with Gasteiger partial charge in [-0.25, -0.2) is 4.18 Å². The zero-order valence-electron chi connectivity index (χ0n) is 10.9. The largest absolute Gasteiger partial charge is 0.328 e. The minimum absolute atomic E-state index is 0.319. The van der Waals surface area contributed by atoms with E-state index in [0.29, 0.717) is 24.3 Å². The van der Waals surface area contributed by atoms with Gasteiger partial charge in [-0.2, -0.15) is 8.42 Å². The van der Waals surface area contributed by atoms with Gasteiger partial charge in [0.05, 0.1) is 5.25 Å². The highest BCUT2D eigenvalue weighted by molar-refractivity contribution is 7.87. The lowest BCUT2D eigenvalue weighted by molar-refractivity contribution is -0.118. The number of carbonyl (C=O) groups excluding carboxylic acids is 1. The van der Waals surface area contributed by atoms with E-state index in [4.69, 9.17) is 4.18 Å².